The Hall–Kier alpha value is -4.30. The van der Waals surface area contributed by atoms with Gasteiger partial charge in [0.05, 0.1) is 11.0 Å². The molecule has 0 atom stereocenters. The van der Waals surface area contributed by atoms with Crippen molar-refractivity contribution in [1.29, 1.82) is 0 Å². The number of nitrogens with zero attached hydrogens (tertiary/aromatic N) is 2. The molecule has 1 heterocycles. The molecule has 2 fully saturated rings. The quantitative estimate of drug-likeness (QED) is 0.192. The second kappa shape index (κ2) is 12.0. The number of fused-ring (bicyclic) bond motifs is 3. The van der Waals surface area contributed by atoms with E-state index in [4.69, 9.17) is 0 Å². The van der Waals surface area contributed by atoms with Gasteiger partial charge in [-0.25, -0.2) is 0 Å². The fourth-order valence-corrected chi connectivity index (χ4v) is 8.07. The highest BCUT2D eigenvalue weighted by atomic mass is 15.1. The maximum Gasteiger partial charge on any atom is 0.0542 e. The van der Waals surface area contributed by atoms with Crippen LogP contribution in [0.15, 0.2) is 121 Å². The van der Waals surface area contributed by atoms with Crippen molar-refractivity contribution in [3.63, 3.8) is 0 Å². The third-order valence-electron chi connectivity index (χ3n) is 10.4. The molecule has 0 aliphatic heterocycles. The molecule has 2 heteroatoms. The van der Waals surface area contributed by atoms with E-state index in [0.717, 1.165) is 0 Å². The lowest BCUT2D eigenvalue weighted by molar-refractivity contribution is 0.443. The molecule has 2 saturated carbocycles. The van der Waals surface area contributed by atoms with E-state index >= 15 is 0 Å². The van der Waals surface area contributed by atoms with E-state index in [0.29, 0.717) is 11.8 Å². The highest BCUT2D eigenvalue weighted by molar-refractivity contribution is 6.10. The van der Waals surface area contributed by atoms with Gasteiger partial charge in [0.25, 0.3) is 0 Å². The lowest BCUT2D eigenvalue weighted by Crippen LogP contribution is -2.11. The van der Waals surface area contributed by atoms with Crippen LogP contribution in [-0.2, 0) is 0 Å². The fourth-order valence-electron chi connectivity index (χ4n) is 8.07. The number of hydrogen-bond donors (Lipinski definition) is 0. The van der Waals surface area contributed by atoms with E-state index in [2.05, 4.69) is 131 Å². The lowest BCUT2D eigenvalue weighted by atomic mass is 9.84. The topological polar surface area (TPSA) is 8.17 Å². The van der Waals surface area contributed by atoms with Crippen LogP contribution < -0.4 is 4.90 Å². The van der Waals surface area contributed by atoms with Crippen molar-refractivity contribution in [2.24, 2.45) is 0 Å². The molecule has 2 nitrogen and oxygen atoms in total. The summed E-state index contributed by atoms with van der Waals surface area (Å²) in [5.41, 5.74) is 10.3. The Labute approximate surface area is 262 Å². The van der Waals surface area contributed by atoms with Crippen molar-refractivity contribution in [2.45, 2.75) is 76.0 Å². The van der Waals surface area contributed by atoms with Crippen molar-refractivity contribution in [3.05, 3.63) is 132 Å². The summed E-state index contributed by atoms with van der Waals surface area (Å²) >= 11 is 0. The monoisotopic (exact) mass is 574 g/mol. The number of para-hydroxylation sites is 2. The van der Waals surface area contributed by atoms with Gasteiger partial charge in [0.2, 0.25) is 0 Å². The van der Waals surface area contributed by atoms with Gasteiger partial charge in [-0.2, -0.15) is 0 Å². The van der Waals surface area contributed by atoms with Crippen LogP contribution in [0.1, 0.15) is 87.2 Å². The molecule has 44 heavy (non-hydrogen) atoms. The molecule has 0 radical (unpaired) electrons. The van der Waals surface area contributed by atoms with E-state index in [1.807, 2.05) is 0 Å². The molecule has 1 aromatic heterocycles. The van der Waals surface area contributed by atoms with Gasteiger partial charge < -0.3 is 9.47 Å². The fraction of sp³-hybridized carbons (Fsp3) is 0.286. The highest BCUT2D eigenvalue weighted by Crippen LogP contribution is 2.42. The molecule has 2 aliphatic carbocycles. The average molecular weight is 575 g/mol. The van der Waals surface area contributed by atoms with Crippen LogP contribution in [-0.4, -0.2) is 4.57 Å². The standard InChI is InChI=1S/C42H42N2/c1-4-12-31(13-5-1)33-20-24-36(25-21-33)43(37-26-22-34(23-27-37)32-14-6-2-7-15-32)38-28-29-42-40(30-38)39-18-10-11-19-41(39)44(42)35-16-8-3-9-17-35/h3,8-11,16-32H,1-2,4-7,12-15H2. The number of hydrogen-bond acceptors (Lipinski definition) is 1. The zero-order valence-electron chi connectivity index (χ0n) is 25.7. The zero-order valence-corrected chi connectivity index (χ0v) is 25.7. The highest BCUT2D eigenvalue weighted by Gasteiger charge is 2.20. The summed E-state index contributed by atoms with van der Waals surface area (Å²) in [5, 5.41) is 2.57. The molecule has 0 amide bonds. The average Bonchev–Trinajstić information content (AvgIpc) is 3.44. The Morgan fingerprint density at radius 1 is 0.432 bits per heavy atom. The smallest absolute Gasteiger partial charge is 0.0542 e. The van der Waals surface area contributed by atoms with Gasteiger partial charge in [0, 0.05) is 33.5 Å². The van der Waals surface area contributed by atoms with Crippen LogP contribution in [0.4, 0.5) is 17.1 Å². The van der Waals surface area contributed by atoms with Gasteiger partial charge in [-0.1, -0.05) is 99.2 Å². The Balaban J connectivity index is 1.24. The summed E-state index contributed by atoms with van der Waals surface area (Å²) in [6.45, 7) is 0. The van der Waals surface area contributed by atoms with Gasteiger partial charge in [-0.3, -0.25) is 0 Å². The summed E-state index contributed by atoms with van der Waals surface area (Å²) in [6.07, 6.45) is 13.5. The minimum absolute atomic E-state index is 0.710. The van der Waals surface area contributed by atoms with Crippen LogP contribution in [0.25, 0.3) is 27.5 Å². The normalized spacial score (nSPS) is 16.5. The van der Waals surface area contributed by atoms with Crippen molar-refractivity contribution in [1.82, 2.24) is 4.57 Å². The predicted octanol–water partition coefficient (Wildman–Crippen LogP) is 12.3. The summed E-state index contributed by atoms with van der Waals surface area (Å²) in [7, 11) is 0. The van der Waals surface area contributed by atoms with Gasteiger partial charge in [-0.05, 0) is 109 Å². The SMILES string of the molecule is c1ccc(-n2c3ccccc3c3cc(N(c4ccc(C5CCCCC5)cc4)c4ccc(C5CCCCC5)cc4)ccc32)cc1. The first-order chi connectivity index (χ1) is 21.8. The molecular weight excluding hydrogens is 532 g/mol. The number of anilines is 3. The largest absolute Gasteiger partial charge is 0.310 e. The second-order valence-corrected chi connectivity index (χ2v) is 13.1. The predicted molar refractivity (Wildman–Crippen MR) is 187 cm³/mol. The molecule has 0 N–H and O–H groups in total. The molecule has 0 bridgehead atoms. The Bertz CT molecular complexity index is 1790. The van der Waals surface area contributed by atoms with Crippen molar-refractivity contribution in [3.8, 4) is 5.69 Å². The van der Waals surface area contributed by atoms with Crippen LogP contribution in [0, 0.1) is 0 Å². The minimum Gasteiger partial charge on any atom is -0.310 e. The van der Waals surface area contributed by atoms with Crippen LogP contribution >= 0.6 is 0 Å². The molecule has 220 valence electrons. The maximum atomic E-state index is 2.46. The van der Waals surface area contributed by atoms with Crippen LogP contribution in [0.5, 0.6) is 0 Å². The Morgan fingerprint density at radius 3 is 1.52 bits per heavy atom. The third-order valence-corrected chi connectivity index (χ3v) is 10.4. The first-order valence-corrected chi connectivity index (χ1v) is 16.9. The minimum atomic E-state index is 0.710. The van der Waals surface area contributed by atoms with Gasteiger partial charge in [0.1, 0.15) is 0 Å². The molecule has 0 unspecified atom stereocenters. The molecule has 8 rings (SSSR count). The van der Waals surface area contributed by atoms with Crippen LogP contribution in [0.3, 0.4) is 0 Å². The van der Waals surface area contributed by atoms with Crippen molar-refractivity contribution >= 4 is 38.9 Å². The van der Waals surface area contributed by atoms with E-state index in [-0.39, 0.29) is 0 Å². The van der Waals surface area contributed by atoms with E-state index in [9.17, 15) is 0 Å². The second-order valence-electron chi connectivity index (χ2n) is 13.1. The Morgan fingerprint density at radius 2 is 0.932 bits per heavy atom. The van der Waals surface area contributed by atoms with E-state index in [1.165, 1.54) is 120 Å². The lowest BCUT2D eigenvalue weighted by Gasteiger charge is -2.28. The molecule has 0 spiro atoms. The van der Waals surface area contributed by atoms with Gasteiger partial charge in [-0.15, -0.1) is 0 Å². The number of benzene rings is 5. The van der Waals surface area contributed by atoms with Crippen molar-refractivity contribution < 1.29 is 0 Å². The zero-order chi connectivity index (χ0) is 29.3. The van der Waals surface area contributed by atoms with Gasteiger partial charge >= 0.3 is 0 Å². The van der Waals surface area contributed by atoms with E-state index < -0.39 is 0 Å². The molecule has 6 aromatic rings. The van der Waals surface area contributed by atoms with Crippen LogP contribution in [0.2, 0.25) is 0 Å². The number of rotatable bonds is 6. The summed E-state index contributed by atoms with van der Waals surface area (Å²) in [5.74, 6) is 1.42. The molecular formula is C42H42N2. The van der Waals surface area contributed by atoms with Gasteiger partial charge in [0.15, 0.2) is 0 Å². The molecule has 0 saturated heterocycles. The molecule has 2 aliphatic rings. The Kier molecular flexibility index (Phi) is 7.44. The third kappa shape index (κ3) is 5.11. The first kappa shape index (κ1) is 27.3. The summed E-state index contributed by atoms with van der Waals surface area (Å²) < 4.78 is 2.40. The first-order valence-electron chi connectivity index (χ1n) is 16.9. The maximum absolute atomic E-state index is 2.46. The van der Waals surface area contributed by atoms with E-state index in [1.54, 1.807) is 0 Å². The summed E-state index contributed by atoms with van der Waals surface area (Å²) in [4.78, 5) is 2.46. The number of aromatic nitrogens is 1. The summed E-state index contributed by atoms with van der Waals surface area (Å²) in [6, 6.07) is 45.6. The van der Waals surface area contributed by atoms with Crippen molar-refractivity contribution in [2.75, 3.05) is 4.90 Å². The molecule has 5 aromatic carbocycles.